The molecule has 146 valence electrons. The van der Waals surface area contributed by atoms with E-state index >= 15 is 0 Å². The average molecular weight is 476 g/mol. The molecule has 0 atom stereocenters. The van der Waals surface area contributed by atoms with E-state index in [2.05, 4.69) is 0 Å². The smallest absolute Gasteiger partial charge is 0.206 e. The standard InChI is InChI=1S/C19H13Cl3O4S2/c1-12-5-13(20)8-18(6-12)27(23,24)16-3-2-4-17(11-16)28(25,26)19-9-14(21)7-15(22)10-19/h2-11H,1H3. The molecule has 3 rings (SSSR count). The molecule has 0 unspecified atom stereocenters. The van der Waals surface area contributed by atoms with E-state index in [-0.39, 0.29) is 34.6 Å². The van der Waals surface area contributed by atoms with E-state index in [1.165, 1.54) is 48.5 Å². The topological polar surface area (TPSA) is 68.3 Å². The van der Waals surface area contributed by atoms with Gasteiger partial charge >= 0.3 is 0 Å². The van der Waals surface area contributed by atoms with Crippen LogP contribution in [0.15, 0.2) is 80.2 Å². The fraction of sp³-hybridized carbons (Fsp3) is 0.0526. The van der Waals surface area contributed by atoms with E-state index in [0.717, 1.165) is 6.07 Å². The molecule has 3 aromatic carbocycles. The van der Waals surface area contributed by atoms with Crippen LogP contribution in [-0.4, -0.2) is 16.8 Å². The number of benzene rings is 3. The number of halogens is 3. The Hall–Kier alpha value is -1.57. The maximum atomic E-state index is 13.0. The van der Waals surface area contributed by atoms with Gasteiger partial charge in [-0.25, -0.2) is 16.8 Å². The van der Waals surface area contributed by atoms with Gasteiger partial charge < -0.3 is 0 Å². The van der Waals surface area contributed by atoms with Crippen LogP contribution in [0.2, 0.25) is 15.1 Å². The van der Waals surface area contributed by atoms with Crippen LogP contribution in [0.3, 0.4) is 0 Å². The molecule has 4 nitrogen and oxygen atoms in total. The third kappa shape index (κ3) is 4.21. The minimum Gasteiger partial charge on any atom is -0.219 e. The second-order valence-corrected chi connectivity index (χ2v) is 11.3. The summed E-state index contributed by atoms with van der Waals surface area (Å²) >= 11 is 17.8. The number of aryl methyl sites for hydroxylation is 1. The fourth-order valence-corrected chi connectivity index (χ4v) is 6.52. The molecule has 0 N–H and O–H groups in total. The zero-order chi connectivity index (χ0) is 20.7. The maximum absolute atomic E-state index is 13.0. The van der Waals surface area contributed by atoms with Crippen molar-refractivity contribution in [2.45, 2.75) is 26.5 Å². The first-order valence-electron chi connectivity index (χ1n) is 7.84. The van der Waals surface area contributed by atoms with Gasteiger partial charge in [-0.1, -0.05) is 40.9 Å². The first-order valence-corrected chi connectivity index (χ1v) is 11.9. The summed E-state index contributed by atoms with van der Waals surface area (Å²) in [6.07, 6.45) is 0. The second kappa shape index (κ2) is 7.69. The van der Waals surface area contributed by atoms with E-state index in [9.17, 15) is 16.8 Å². The Morgan fingerprint density at radius 2 is 1.00 bits per heavy atom. The van der Waals surface area contributed by atoms with E-state index < -0.39 is 19.7 Å². The lowest BCUT2D eigenvalue weighted by Gasteiger charge is -2.10. The Balaban J connectivity index is 2.14. The summed E-state index contributed by atoms with van der Waals surface area (Å²) in [5, 5.41) is 0.587. The highest BCUT2D eigenvalue weighted by Crippen LogP contribution is 2.30. The Kier molecular flexibility index (Phi) is 5.81. The molecule has 0 aliphatic heterocycles. The zero-order valence-electron chi connectivity index (χ0n) is 14.4. The molecule has 0 bridgehead atoms. The predicted octanol–water partition coefficient (Wildman–Crippen LogP) is 5.62. The van der Waals surface area contributed by atoms with E-state index in [1.807, 2.05) is 0 Å². The van der Waals surface area contributed by atoms with Crippen LogP contribution in [-0.2, 0) is 19.7 Å². The number of rotatable bonds is 4. The highest BCUT2D eigenvalue weighted by Gasteiger charge is 2.24. The second-order valence-electron chi connectivity index (χ2n) is 6.05. The molecular formula is C19H13Cl3O4S2. The number of hydrogen-bond acceptors (Lipinski definition) is 4. The lowest BCUT2D eigenvalue weighted by molar-refractivity contribution is 0.594. The van der Waals surface area contributed by atoms with Gasteiger partial charge in [0.1, 0.15) is 0 Å². The third-order valence-corrected chi connectivity index (χ3v) is 8.01. The van der Waals surface area contributed by atoms with Crippen LogP contribution >= 0.6 is 34.8 Å². The summed E-state index contributed by atoms with van der Waals surface area (Å²) in [6, 6.07) is 13.4. The van der Waals surface area contributed by atoms with Crippen molar-refractivity contribution in [1.82, 2.24) is 0 Å². The number of sulfone groups is 2. The predicted molar refractivity (Wildman–Crippen MR) is 110 cm³/mol. The van der Waals surface area contributed by atoms with Gasteiger partial charge in [0.25, 0.3) is 0 Å². The van der Waals surface area contributed by atoms with Crippen LogP contribution < -0.4 is 0 Å². The van der Waals surface area contributed by atoms with Crippen LogP contribution in [0, 0.1) is 6.92 Å². The monoisotopic (exact) mass is 474 g/mol. The van der Waals surface area contributed by atoms with Gasteiger partial charge in [0.15, 0.2) is 0 Å². The summed E-state index contributed by atoms with van der Waals surface area (Å²) in [5.41, 5.74) is 0.670. The normalized spacial score (nSPS) is 12.1. The van der Waals surface area contributed by atoms with Gasteiger partial charge in [0.05, 0.1) is 19.6 Å². The molecular weight excluding hydrogens is 463 g/mol. The summed E-state index contributed by atoms with van der Waals surface area (Å²) in [6.45, 7) is 1.72. The summed E-state index contributed by atoms with van der Waals surface area (Å²) in [4.78, 5) is -0.495. The fourth-order valence-electron chi connectivity index (χ4n) is 2.62. The molecule has 0 amide bonds. The van der Waals surface area contributed by atoms with E-state index in [1.54, 1.807) is 13.0 Å². The molecule has 0 aliphatic rings. The molecule has 28 heavy (non-hydrogen) atoms. The van der Waals surface area contributed by atoms with Crippen molar-refractivity contribution in [2.75, 3.05) is 0 Å². The van der Waals surface area contributed by atoms with Gasteiger partial charge in [0.2, 0.25) is 19.7 Å². The molecule has 0 heterocycles. The van der Waals surface area contributed by atoms with Crippen molar-refractivity contribution in [3.8, 4) is 0 Å². The third-order valence-electron chi connectivity index (χ3n) is 3.90. The Bertz CT molecular complexity index is 1150. The SMILES string of the molecule is Cc1cc(Cl)cc(S(=O)(=O)c2cccc(S(=O)(=O)c3cc(Cl)cc(Cl)c3)c2)c1. The first-order chi connectivity index (χ1) is 13.0. The Morgan fingerprint density at radius 1 is 0.571 bits per heavy atom. The lowest BCUT2D eigenvalue weighted by Crippen LogP contribution is -2.06. The molecule has 0 aromatic heterocycles. The molecule has 9 heteroatoms. The first kappa shape index (κ1) is 21.1. The van der Waals surface area contributed by atoms with E-state index in [4.69, 9.17) is 34.8 Å². The average Bonchev–Trinajstić information content (AvgIpc) is 2.60. The van der Waals surface area contributed by atoms with Crippen molar-refractivity contribution < 1.29 is 16.8 Å². The van der Waals surface area contributed by atoms with Gasteiger partial charge in [-0.05, 0) is 67.1 Å². The summed E-state index contributed by atoms with van der Waals surface area (Å²) in [5.74, 6) is 0. The molecule has 0 radical (unpaired) electrons. The van der Waals surface area contributed by atoms with Crippen molar-refractivity contribution in [3.63, 3.8) is 0 Å². The largest absolute Gasteiger partial charge is 0.219 e. The molecule has 0 fully saturated rings. The molecule has 0 spiro atoms. The summed E-state index contributed by atoms with van der Waals surface area (Å²) < 4.78 is 51.8. The highest BCUT2D eigenvalue weighted by atomic mass is 35.5. The highest BCUT2D eigenvalue weighted by molar-refractivity contribution is 7.92. The van der Waals surface area contributed by atoms with Gasteiger partial charge in [0, 0.05) is 15.1 Å². The number of hydrogen-bond donors (Lipinski definition) is 0. The van der Waals surface area contributed by atoms with Gasteiger partial charge in [-0.3, -0.25) is 0 Å². The lowest BCUT2D eigenvalue weighted by atomic mass is 10.2. The van der Waals surface area contributed by atoms with Crippen molar-refractivity contribution >= 4 is 54.5 Å². The minimum absolute atomic E-state index is 0.0159. The van der Waals surface area contributed by atoms with E-state index in [0.29, 0.717) is 5.56 Å². The quantitative estimate of drug-likeness (QED) is 0.491. The zero-order valence-corrected chi connectivity index (χ0v) is 18.3. The molecule has 0 saturated heterocycles. The van der Waals surface area contributed by atoms with Crippen molar-refractivity contribution in [2.24, 2.45) is 0 Å². The maximum Gasteiger partial charge on any atom is 0.206 e. The summed E-state index contributed by atoms with van der Waals surface area (Å²) in [7, 11) is -7.99. The molecule has 0 saturated carbocycles. The van der Waals surface area contributed by atoms with Crippen molar-refractivity contribution in [3.05, 3.63) is 81.3 Å². The Morgan fingerprint density at radius 3 is 1.46 bits per heavy atom. The van der Waals surface area contributed by atoms with Gasteiger partial charge in [-0.15, -0.1) is 0 Å². The van der Waals surface area contributed by atoms with Crippen LogP contribution in [0.1, 0.15) is 5.56 Å². The van der Waals surface area contributed by atoms with Crippen LogP contribution in [0.5, 0.6) is 0 Å². The van der Waals surface area contributed by atoms with Gasteiger partial charge in [-0.2, -0.15) is 0 Å². The van der Waals surface area contributed by atoms with Crippen LogP contribution in [0.25, 0.3) is 0 Å². The molecule has 0 aliphatic carbocycles. The minimum atomic E-state index is -4.02. The molecule has 3 aromatic rings. The van der Waals surface area contributed by atoms with Crippen LogP contribution in [0.4, 0.5) is 0 Å². The Labute approximate surface area is 178 Å². The van der Waals surface area contributed by atoms with Crippen molar-refractivity contribution in [1.29, 1.82) is 0 Å².